The Labute approximate surface area is 185 Å². The van der Waals surface area contributed by atoms with E-state index >= 15 is 0 Å². The summed E-state index contributed by atoms with van der Waals surface area (Å²) in [5.41, 5.74) is 8.01. The van der Waals surface area contributed by atoms with Gasteiger partial charge in [-0.25, -0.2) is 4.79 Å². The summed E-state index contributed by atoms with van der Waals surface area (Å²) in [5.74, 6) is -0.0273. The number of carbonyl (C=O) groups is 2. The Hall–Kier alpha value is -4.33. The van der Waals surface area contributed by atoms with E-state index < -0.39 is 6.10 Å². The molecule has 1 aliphatic rings. The standard InChI is InChI=1S/C24H22N4O4/c25-22(26)17-7-4-8-20(15-17)32-21(16-5-2-1-3-6-16)23(29)27-18-9-11-19(12-10-18)28-13-14-31-24(28)30/h1-12,15,21H,13-14H2,(H3,25,26)(H,27,29). The predicted octanol–water partition coefficient (Wildman–Crippen LogP) is 3.69. The summed E-state index contributed by atoms with van der Waals surface area (Å²) < 4.78 is 11.0. The first kappa shape index (κ1) is 20.9. The molecule has 8 heteroatoms. The molecular formula is C24H22N4O4. The molecule has 1 saturated heterocycles. The van der Waals surface area contributed by atoms with Crippen LogP contribution < -0.4 is 20.7 Å². The number of nitrogen functional groups attached to an aromatic ring is 1. The van der Waals surface area contributed by atoms with Gasteiger partial charge in [0.2, 0.25) is 6.10 Å². The highest BCUT2D eigenvalue weighted by atomic mass is 16.6. The second-order valence-electron chi connectivity index (χ2n) is 7.15. The number of amidine groups is 1. The molecule has 0 saturated carbocycles. The minimum atomic E-state index is -0.924. The molecule has 1 heterocycles. The van der Waals surface area contributed by atoms with E-state index in [1.54, 1.807) is 60.7 Å². The van der Waals surface area contributed by atoms with Crippen LogP contribution in [0.3, 0.4) is 0 Å². The molecule has 0 aliphatic carbocycles. The number of nitrogens with one attached hydrogen (secondary N) is 2. The van der Waals surface area contributed by atoms with Gasteiger partial charge < -0.3 is 20.5 Å². The lowest BCUT2D eigenvalue weighted by molar-refractivity contribution is -0.123. The third-order valence-electron chi connectivity index (χ3n) is 4.95. The van der Waals surface area contributed by atoms with Crippen LogP contribution in [-0.4, -0.2) is 31.0 Å². The molecule has 2 amide bonds. The fraction of sp³-hybridized carbons (Fsp3) is 0.125. The van der Waals surface area contributed by atoms with Gasteiger partial charge in [-0.1, -0.05) is 42.5 Å². The van der Waals surface area contributed by atoms with Crippen LogP contribution in [0.5, 0.6) is 5.75 Å². The molecule has 1 fully saturated rings. The Kier molecular flexibility index (Phi) is 6.03. The summed E-state index contributed by atoms with van der Waals surface area (Å²) in [5, 5.41) is 10.5. The molecule has 3 aromatic rings. The minimum absolute atomic E-state index is 0.0851. The van der Waals surface area contributed by atoms with Crippen LogP contribution in [0.2, 0.25) is 0 Å². The van der Waals surface area contributed by atoms with Crippen LogP contribution in [0, 0.1) is 5.41 Å². The highest BCUT2D eigenvalue weighted by Gasteiger charge is 2.25. The fourth-order valence-electron chi connectivity index (χ4n) is 3.33. The van der Waals surface area contributed by atoms with Gasteiger partial charge in [-0.3, -0.25) is 15.1 Å². The number of nitrogens with zero attached hydrogens (tertiary/aromatic N) is 1. The Bertz CT molecular complexity index is 1130. The monoisotopic (exact) mass is 430 g/mol. The maximum Gasteiger partial charge on any atom is 0.414 e. The molecule has 162 valence electrons. The summed E-state index contributed by atoms with van der Waals surface area (Å²) in [4.78, 5) is 26.4. The lowest BCUT2D eigenvalue weighted by atomic mass is 10.1. The van der Waals surface area contributed by atoms with Gasteiger partial charge in [0.15, 0.2) is 0 Å². The molecule has 4 N–H and O–H groups in total. The van der Waals surface area contributed by atoms with E-state index in [0.29, 0.717) is 41.4 Å². The topological polar surface area (TPSA) is 118 Å². The Balaban J connectivity index is 1.53. The molecule has 0 aromatic heterocycles. The van der Waals surface area contributed by atoms with Gasteiger partial charge in [0.1, 0.15) is 18.2 Å². The lowest BCUT2D eigenvalue weighted by Crippen LogP contribution is -2.26. The van der Waals surface area contributed by atoms with Gasteiger partial charge in [0, 0.05) is 22.5 Å². The SMILES string of the molecule is N=C(N)c1cccc(OC(C(=O)Nc2ccc(N3CCOC3=O)cc2)c2ccccc2)c1. The molecule has 8 nitrogen and oxygen atoms in total. The van der Waals surface area contributed by atoms with Gasteiger partial charge in [-0.2, -0.15) is 0 Å². The van der Waals surface area contributed by atoms with Crippen molar-refractivity contribution in [2.24, 2.45) is 5.73 Å². The zero-order valence-corrected chi connectivity index (χ0v) is 17.2. The number of benzene rings is 3. The van der Waals surface area contributed by atoms with Crippen molar-refractivity contribution in [2.75, 3.05) is 23.4 Å². The molecule has 3 aromatic carbocycles. The molecule has 1 atom stereocenters. The summed E-state index contributed by atoms with van der Waals surface area (Å²) in [6.07, 6.45) is -1.31. The fourth-order valence-corrected chi connectivity index (χ4v) is 3.33. The number of nitrogens with two attached hydrogens (primary N) is 1. The normalized spacial score (nSPS) is 13.9. The number of anilines is 2. The van der Waals surface area contributed by atoms with Crippen LogP contribution in [-0.2, 0) is 9.53 Å². The molecule has 0 spiro atoms. The first-order valence-electron chi connectivity index (χ1n) is 10.0. The highest BCUT2D eigenvalue weighted by molar-refractivity contribution is 5.96. The van der Waals surface area contributed by atoms with E-state index in [1.807, 2.05) is 18.2 Å². The molecule has 1 aliphatic heterocycles. The number of rotatable bonds is 7. The Morgan fingerprint density at radius 3 is 2.47 bits per heavy atom. The van der Waals surface area contributed by atoms with Crippen molar-refractivity contribution in [3.63, 3.8) is 0 Å². The first-order chi connectivity index (χ1) is 15.5. The molecule has 4 rings (SSSR count). The maximum atomic E-state index is 13.1. The zero-order chi connectivity index (χ0) is 22.5. The second kappa shape index (κ2) is 9.22. The number of ether oxygens (including phenoxy) is 2. The van der Waals surface area contributed by atoms with Crippen LogP contribution in [0.1, 0.15) is 17.2 Å². The van der Waals surface area contributed by atoms with Gasteiger partial charge in [0.25, 0.3) is 5.91 Å². The van der Waals surface area contributed by atoms with E-state index in [-0.39, 0.29) is 17.8 Å². The quantitative estimate of drug-likeness (QED) is 0.390. The van der Waals surface area contributed by atoms with Crippen LogP contribution in [0.25, 0.3) is 0 Å². The van der Waals surface area contributed by atoms with Crippen molar-refractivity contribution in [1.29, 1.82) is 5.41 Å². The lowest BCUT2D eigenvalue weighted by Gasteiger charge is -2.20. The van der Waals surface area contributed by atoms with Crippen molar-refractivity contribution in [2.45, 2.75) is 6.10 Å². The van der Waals surface area contributed by atoms with Crippen LogP contribution >= 0.6 is 0 Å². The largest absolute Gasteiger partial charge is 0.476 e. The summed E-state index contributed by atoms with van der Waals surface area (Å²) >= 11 is 0. The van der Waals surface area contributed by atoms with Crippen molar-refractivity contribution in [3.05, 3.63) is 90.0 Å². The summed E-state index contributed by atoms with van der Waals surface area (Å²) in [6, 6.07) is 22.8. The zero-order valence-electron chi connectivity index (χ0n) is 17.2. The van der Waals surface area contributed by atoms with Gasteiger partial charge >= 0.3 is 6.09 Å². The molecular weight excluding hydrogens is 408 g/mol. The number of cyclic esters (lactones) is 1. The van der Waals surface area contributed by atoms with Crippen LogP contribution in [0.15, 0.2) is 78.9 Å². The summed E-state index contributed by atoms with van der Waals surface area (Å²) in [6.45, 7) is 0.853. The molecule has 32 heavy (non-hydrogen) atoms. The number of hydrogen-bond acceptors (Lipinski definition) is 5. The first-order valence-corrected chi connectivity index (χ1v) is 10.0. The van der Waals surface area contributed by atoms with Crippen molar-refractivity contribution < 1.29 is 19.1 Å². The third kappa shape index (κ3) is 4.70. The van der Waals surface area contributed by atoms with E-state index in [9.17, 15) is 9.59 Å². The smallest absolute Gasteiger partial charge is 0.414 e. The predicted molar refractivity (Wildman–Crippen MR) is 121 cm³/mol. The van der Waals surface area contributed by atoms with E-state index in [0.717, 1.165) is 0 Å². The molecule has 1 unspecified atom stereocenters. The Morgan fingerprint density at radius 1 is 1.06 bits per heavy atom. The number of carbonyl (C=O) groups excluding carboxylic acids is 2. The van der Waals surface area contributed by atoms with Gasteiger partial charge in [-0.15, -0.1) is 0 Å². The van der Waals surface area contributed by atoms with E-state index in [2.05, 4.69) is 5.32 Å². The van der Waals surface area contributed by atoms with Crippen molar-refractivity contribution in [1.82, 2.24) is 0 Å². The third-order valence-corrected chi connectivity index (χ3v) is 4.95. The van der Waals surface area contributed by atoms with E-state index in [1.165, 1.54) is 4.90 Å². The average molecular weight is 430 g/mol. The van der Waals surface area contributed by atoms with Crippen molar-refractivity contribution in [3.8, 4) is 5.75 Å². The number of hydrogen-bond donors (Lipinski definition) is 3. The molecule has 0 bridgehead atoms. The maximum absolute atomic E-state index is 13.1. The van der Waals surface area contributed by atoms with Gasteiger partial charge in [0.05, 0.1) is 6.54 Å². The van der Waals surface area contributed by atoms with Crippen LogP contribution in [0.4, 0.5) is 16.2 Å². The second-order valence-corrected chi connectivity index (χ2v) is 7.15. The minimum Gasteiger partial charge on any atom is -0.476 e. The molecule has 0 radical (unpaired) electrons. The number of amides is 2. The average Bonchev–Trinajstić information content (AvgIpc) is 3.24. The van der Waals surface area contributed by atoms with E-state index in [4.69, 9.17) is 20.6 Å². The van der Waals surface area contributed by atoms with Crippen molar-refractivity contribution >= 4 is 29.2 Å². The highest BCUT2D eigenvalue weighted by Crippen LogP contribution is 2.26. The van der Waals surface area contributed by atoms with Gasteiger partial charge in [-0.05, 0) is 36.4 Å². The summed E-state index contributed by atoms with van der Waals surface area (Å²) in [7, 11) is 0. The Morgan fingerprint density at radius 2 is 1.81 bits per heavy atom.